The van der Waals surface area contributed by atoms with Crippen molar-refractivity contribution in [3.05, 3.63) is 60.2 Å². The molecule has 2 aromatic rings. The van der Waals surface area contributed by atoms with Crippen LogP contribution in [-0.4, -0.2) is 26.5 Å². The molecule has 1 atom stereocenters. The summed E-state index contributed by atoms with van der Waals surface area (Å²) in [6.45, 7) is -0.236. The zero-order chi connectivity index (χ0) is 18.5. The van der Waals surface area contributed by atoms with E-state index in [1.807, 2.05) is 0 Å². The Balaban J connectivity index is 2.19. The fourth-order valence-electron chi connectivity index (χ4n) is 2.18. The van der Waals surface area contributed by atoms with Crippen molar-refractivity contribution in [1.82, 2.24) is 4.72 Å². The Morgan fingerprint density at radius 1 is 1.04 bits per heavy atom. The number of halogens is 3. The molecule has 5 nitrogen and oxygen atoms in total. The van der Waals surface area contributed by atoms with E-state index in [1.54, 1.807) is 30.3 Å². The van der Waals surface area contributed by atoms with Crippen LogP contribution in [0.4, 0.5) is 13.2 Å². The summed E-state index contributed by atoms with van der Waals surface area (Å²) in [4.78, 5) is -0.208. The molecule has 0 aromatic heterocycles. The standard InChI is InChI=1S/C16H16F3NO4S/c17-16(18,19)24-13-6-8-14(9-7-13)25(22,23)20-15(10-11-21)12-4-2-1-3-5-12/h1-9,15,20-21H,10-11H2. The van der Waals surface area contributed by atoms with Crippen LogP contribution in [0.3, 0.4) is 0 Å². The molecule has 2 rings (SSSR count). The molecule has 0 radical (unpaired) electrons. The Morgan fingerprint density at radius 2 is 1.64 bits per heavy atom. The molecule has 0 saturated heterocycles. The third-order valence-corrected chi connectivity index (χ3v) is 4.77. The van der Waals surface area contributed by atoms with Gasteiger partial charge in [0.1, 0.15) is 5.75 Å². The van der Waals surface area contributed by atoms with Crippen LogP contribution >= 0.6 is 0 Å². The van der Waals surface area contributed by atoms with Crippen molar-refractivity contribution in [1.29, 1.82) is 0 Å². The molecule has 2 N–H and O–H groups in total. The predicted octanol–water partition coefficient (Wildman–Crippen LogP) is 2.99. The first kappa shape index (κ1) is 19.2. The van der Waals surface area contributed by atoms with Crippen LogP contribution < -0.4 is 9.46 Å². The summed E-state index contributed by atoms with van der Waals surface area (Å²) in [6.07, 6.45) is -4.70. The van der Waals surface area contributed by atoms with Gasteiger partial charge in [0.05, 0.1) is 4.90 Å². The minimum Gasteiger partial charge on any atom is -0.406 e. The highest BCUT2D eigenvalue weighted by atomic mass is 32.2. The van der Waals surface area contributed by atoms with Gasteiger partial charge in [-0.3, -0.25) is 0 Å². The van der Waals surface area contributed by atoms with E-state index in [0.29, 0.717) is 5.56 Å². The average molecular weight is 375 g/mol. The number of aliphatic hydroxyl groups is 1. The molecule has 0 amide bonds. The van der Waals surface area contributed by atoms with Gasteiger partial charge in [0.15, 0.2) is 0 Å². The van der Waals surface area contributed by atoms with Crippen molar-refractivity contribution in [2.75, 3.05) is 6.61 Å². The van der Waals surface area contributed by atoms with Gasteiger partial charge in [-0.25, -0.2) is 13.1 Å². The number of hydrogen-bond donors (Lipinski definition) is 2. The quantitative estimate of drug-likeness (QED) is 0.780. The van der Waals surface area contributed by atoms with Gasteiger partial charge in [-0.2, -0.15) is 0 Å². The summed E-state index contributed by atoms with van der Waals surface area (Å²) in [5.74, 6) is -0.513. The van der Waals surface area contributed by atoms with E-state index in [9.17, 15) is 21.6 Å². The zero-order valence-corrected chi connectivity index (χ0v) is 13.7. The van der Waals surface area contributed by atoms with Crippen molar-refractivity contribution in [3.8, 4) is 5.75 Å². The van der Waals surface area contributed by atoms with Gasteiger partial charge >= 0.3 is 6.36 Å². The highest BCUT2D eigenvalue weighted by molar-refractivity contribution is 7.89. The van der Waals surface area contributed by atoms with Crippen LogP contribution in [0.5, 0.6) is 5.75 Å². The van der Waals surface area contributed by atoms with Gasteiger partial charge in [0, 0.05) is 12.6 Å². The van der Waals surface area contributed by atoms with Crippen LogP contribution in [-0.2, 0) is 10.0 Å². The molecule has 0 aliphatic rings. The van der Waals surface area contributed by atoms with Crippen LogP contribution in [0, 0.1) is 0 Å². The molecule has 136 valence electrons. The Hall–Kier alpha value is -2.10. The van der Waals surface area contributed by atoms with E-state index in [-0.39, 0.29) is 17.9 Å². The topological polar surface area (TPSA) is 75.6 Å². The fourth-order valence-corrected chi connectivity index (χ4v) is 3.44. The summed E-state index contributed by atoms with van der Waals surface area (Å²) in [6, 6.07) is 11.9. The lowest BCUT2D eigenvalue weighted by molar-refractivity contribution is -0.274. The maximum atomic E-state index is 12.4. The maximum Gasteiger partial charge on any atom is 0.573 e. The summed E-state index contributed by atoms with van der Waals surface area (Å²) in [5, 5.41) is 9.15. The molecule has 25 heavy (non-hydrogen) atoms. The van der Waals surface area contributed by atoms with E-state index in [1.165, 1.54) is 0 Å². The van der Waals surface area contributed by atoms with Crippen molar-refractivity contribution < 1.29 is 31.4 Å². The minimum atomic E-state index is -4.85. The number of benzene rings is 2. The third kappa shape index (κ3) is 5.73. The van der Waals surface area contributed by atoms with Crippen molar-refractivity contribution in [2.24, 2.45) is 0 Å². The number of ether oxygens (including phenoxy) is 1. The second-order valence-corrected chi connectivity index (χ2v) is 6.83. The maximum absolute atomic E-state index is 12.4. The van der Waals surface area contributed by atoms with Gasteiger partial charge in [0.25, 0.3) is 0 Å². The van der Waals surface area contributed by atoms with Crippen LogP contribution in [0.1, 0.15) is 18.0 Å². The fraction of sp³-hybridized carbons (Fsp3) is 0.250. The lowest BCUT2D eigenvalue weighted by atomic mass is 10.1. The number of sulfonamides is 1. The number of aliphatic hydroxyl groups excluding tert-OH is 1. The second kappa shape index (κ2) is 7.85. The molecule has 2 aromatic carbocycles. The van der Waals surface area contributed by atoms with Gasteiger partial charge in [-0.15, -0.1) is 13.2 Å². The first-order valence-corrected chi connectivity index (χ1v) is 8.73. The zero-order valence-electron chi connectivity index (χ0n) is 12.9. The first-order chi connectivity index (χ1) is 11.7. The van der Waals surface area contributed by atoms with Crippen LogP contribution in [0.2, 0.25) is 0 Å². The first-order valence-electron chi connectivity index (χ1n) is 7.25. The molecule has 0 bridgehead atoms. The molecule has 0 aliphatic heterocycles. The molecule has 1 unspecified atom stereocenters. The van der Waals surface area contributed by atoms with Gasteiger partial charge in [0.2, 0.25) is 10.0 Å². The Morgan fingerprint density at radius 3 is 2.16 bits per heavy atom. The number of rotatable bonds is 7. The van der Waals surface area contributed by atoms with Crippen molar-refractivity contribution in [2.45, 2.75) is 23.7 Å². The van der Waals surface area contributed by atoms with E-state index >= 15 is 0 Å². The Bertz CT molecular complexity index is 777. The largest absolute Gasteiger partial charge is 0.573 e. The van der Waals surface area contributed by atoms with E-state index in [0.717, 1.165) is 24.3 Å². The highest BCUT2D eigenvalue weighted by Gasteiger charge is 2.31. The Kier molecular flexibility index (Phi) is 6.04. The third-order valence-electron chi connectivity index (χ3n) is 3.28. The minimum absolute atomic E-state index is 0.151. The SMILES string of the molecule is O=S(=O)(NC(CCO)c1ccccc1)c1ccc(OC(F)(F)F)cc1. The second-order valence-electron chi connectivity index (χ2n) is 5.12. The lowest BCUT2D eigenvalue weighted by Gasteiger charge is -2.18. The molecule has 0 saturated carbocycles. The number of hydrogen-bond acceptors (Lipinski definition) is 4. The molecule has 0 spiro atoms. The summed E-state index contributed by atoms with van der Waals surface area (Å²) in [7, 11) is -3.99. The van der Waals surface area contributed by atoms with E-state index in [2.05, 4.69) is 9.46 Å². The summed E-state index contributed by atoms with van der Waals surface area (Å²) in [5.41, 5.74) is 0.664. The molecule has 9 heteroatoms. The van der Waals surface area contributed by atoms with Crippen molar-refractivity contribution >= 4 is 10.0 Å². The number of alkyl halides is 3. The molecule has 0 fully saturated rings. The van der Waals surface area contributed by atoms with Gasteiger partial charge in [-0.05, 0) is 36.2 Å². The smallest absolute Gasteiger partial charge is 0.406 e. The van der Waals surface area contributed by atoms with Crippen LogP contribution in [0.15, 0.2) is 59.5 Å². The molecule has 0 aliphatic carbocycles. The molecule has 0 heterocycles. The predicted molar refractivity (Wildman–Crippen MR) is 84.3 cm³/mol. The average Bonchev–Trinajstić information content (AvgIpc) is 2.54. The van der Waals surface area contributed by atoms with E-state index < -0.39 is 28.2 Å². The van der Waals surface area contributed by atoms with E-state index in [4.69, 9.17) is 5.11 Å². The summed E-state index contributed by atoms with van der Waals surface area (Å²) < 4.78 is 67.4. The lowest BCUT2D eigenvalue weighted by Crippen LogP contribution is -2.29. The van der Waals surface area contributed by atoms with Gasteiger partial charge < -0.3 is 9.84 Å². The van der Waals surface area contributed by atoms with Crippen molar-refractivity contribution in [3.63, 3.8) is 0 Å². The van der Waals surface area contributed by atoms with Gasteiger partial charge in [-0.1, -0.05) is 30.3 Å². The molecular formula is C16H16F3NO4S. The highest BCUT2D eigenvalue weighted by Crippen LogP contribution is 2.25. The normalized spacial score (nSPS) is 13.4. The number of nitrogens with one attached hydrogen (secondary N) is 1. The van der Waals surface area contributed by atoms with Crippen LogP contribution in [0.25, 0.3) is 0 Å². The Labute approximate surface area is 143 Å². The summed E-state index contributed by atoms with van der Waals surface area (Å²) >= 11 is 0. The monoisotopic (exact) mass is 375 g/mol. The molecular weight excluding hydrogens is 359 g/mol.